The maximum Gasteiger partial charge on any atom is 0.137 e. The van der Waals surface area contributed by atoms with Crippen molar-refractivity contribution in [1.29, 1.82) is 0 Å². The Labute approximate surface area is 98.1 Å². The predicted molar refractivity (Wildman–Crippen MR) is 69.1 cm³/mol. The summed E-state index contributed by atoms with van der Waals surface area (Å²) in [5.41, 5.74) is 1.12. The van der Waals surface area contributed by atoms with E-state index in [1.54, 1.807) is 6.33 Å². The van der Waals surface area contributed by atoms with Gasteiger partial charge in [-0.1, -0.05) is 6.92 Å². The lowest BCUT2D eigenvalue weighted by atomic mass is 10.2. The number of aromatic nitrogens is 2. The van der Waals surface area contributed by atoms with Gasteiger partial charge < -0.3 is 10.2 Å². The highest BCUT2D eigenvalue weighted by atomic mass is 15.2. The molecule has 90 valence electrons. The Bertz CT molecular complexity index is 338. The van der Waals surface area contributed by atoms with Crippen molar-refractivity contribution in [1.82, 2.24) is 9.97 Å². The molecule has 1 heterocycles. The minimum absolute atomic E-state index is 0.503. The van der Waals surface area contributed by atoms with E-state index in [2.05, 4.69) is 47.9 Å². The molecule has 1 unspecified atom stereocenters. The summed E-state index contributed by atoms with van der Waals surface area (Å²) in [6, 6.07) is 0.503. The molecule has 1 aromatic heterocycles. The van der Waals surface area contributed by atoms with Crippen LogP contribution in [-0.4, -0.2) is 29.6 Å². The van der Waals surface area contributed by atoms with Gasteiger partial charge in [0.05, 0.1) is 0 Å². The van der Waals surface area contributed by atoms with Gasteiger partial charge in [-0.25, -0.2) is 9.97 Å². The maximum absolute atomic E-state index is 4.40. The molecule has 4 heteroatoms. The molecule has 0 radical (unpaired) electrons. The summed E-state index contributed by atoms with van der Waals surface area (Å²) in [6.45, 7) is 9.61. The van der Waals surface area contributed by atoms with E-state index in [0.29, 0.717) is 6.04 Å². The predicted octanol–water partition coefficient (Wildman–Crippen LogP) is 2.45. The number of nitrogens with zero attached hydrogens (tertiary/aromatic N) is 3. The second-order valence-corrected chi connectivity index (χ2v) is 3.96. The van der Waals surface area contributed by atoms with Gasteiger partial charge in [0, 0.05) is 25.2 Å². The Kier molecular flexibility index (Phi) is 4.52. The number of rotatable bonds is 5. The fourth-order valence-corrected chi connectivity index (χ4v) is 1.87. The average Bonchev–Trinajstić information content (AvgIpc) is 2.31. The third-order valence-electron chi connectivity index (χ3n) is 3.03. The summed E-state index contributed by atoms with van der Waals surface area (Å²) < 4.78 is 0. The van der Waals surface area contributed by atoms with Crippen LogP contribution in [0.5, 0.6) is 0 Å². The Hall–Kier alpha value is -1.32. The van der Waals surface area contributed by atoms with Crippen LogP contribution in [0.2, 0.25) is 0 Å². The number of hydrogen-bond acceptors (Lipinski definition) is 4. The molecule has 16 heavy (non-hydrogen) atoms. The molecule has 1 atom stereocenters. The summed E-state index contributed by atoms with van der Waals surface area (Å²) in [6.07, 6.45) is 2.74. The highest BCUT2D eigenvalue weighted by molar-refractivity contribution is 5.57. The van der Waals surface area contributed by atoms with E-state index in [1.165, 1.54) is 0 Å². The summed E-state index contributed by atoms with van der Waals surface area (Å²) >= 11 is 0. The van der Waals surface area contributed by atoms with Gasteiger partial charge >= 0.3 is 0 Å². The average molecular weight is 222 g/mol. The number of anilines is 2. The third-order valence-corrected chi connectivity index (χ3v) is 3.03. The molecule has 1 rings (SSSR count). The molecule has 1 N–H and O–H groups in total. The first-order chi connectivity index (χ1) is 7.65. The minimum Gasteiger partial charge on any atom is -0.373 e. The zero-order valence-corrected chi connectivity index (χ0v) is 10.9. The number of hydrogen-bond donors (Lipinski definition) is 1. The van der Waals surface area contributed by atoms with Crippen molar-refractivity contribution in [2.45, 2.75) is 40.2 Å². The van der Waals surface area contributed by atoms with Crippen LogP contribution >= 0.6 is 0 Å². The Morgan fingerprint density at radius 1 is 1.38 bits per heavy atom. The Morgan fingerprint density at radius 2 is 2.06 bits per heavy atom. The SMILES string of the molecule is CCC(C)N(CC)c1ncnc(NC)c1C. The molecular formula is C12H22N4. The van der Waals surface area contributed by atoms with Gasteiger partial charge in [-0.15, -0.1) is 0 Å². The van der Waals surface area contributed by atoms with Gasteiger partial charge in [0.15, 0.2) is 0 Å². The molecule has 0 amide bonds. The first-order valence-electron chi connectivity index (χ1n) is 5.91. The molecule has 0 aliphatic rings. The van der Waals surface area contributed by atoms with Gasteiger partial charge in [0.25, 0.3) is 0 Å². The quantitative estimate of drug-likeness (QED) is 0.831. The summed E-state index contributed by atoms with van der Waals surface area (Å²) in [4.78, 5) is 10.9. The van der Waals surface area contributed by atoms with E-state index >= 15 is 0 Å². The highest BCUT2D eigenvalue weighted by Gasteiger charge is 2.16. The fraction of sp³-hybridized carbons (Fsp3) is 0.667. The van der Waals surface area contributed by atoms with Crippen molar-refractivity contribution in [3.05, 3.63) is 11.9 Å². The van der Waals surface area contributed by atoms with Crippen LogP contribution in [0.3, 0.4) is 0 Å². The molecule has 4 nitrogen and oxygen atoms in total. The van der Waals surface area contributed by atoms with E-state index in [4.69, 9.17) is 0 Å². The van der Waals surface area contributed by atoms with Gasteiger partial charge in [-0.3, -0.25) is 0 Å². The summed E-state index contributed by atoms with van der Waals surface area (Å²) in [5, 5.41) is 3.09. The van der Waals surface area contributed by atoms with Crippen molar-refractivity contribution < 1.29 is 0 Å². The Balaban J connectivity index is 3.10. The van der Waals surface area contributed by atoms with E-state index in [-0.39, 0.29) is 0 Å². The first kappa shape index (κ1) is 12.7. The molecule has 0 fully saturated rings. The first-order valence-corrected chi connectivity index (χ1v) is 5.91. The fourth-order valence-electron chi connectivity index (χ4n) is 1.87. The van der Waals surface area contributed by atoms with Crippen LogP contribution in [0.4, 0.5) is 11.6 Å². The third kappa shape index (κ3) is 2.43. The van der Waals surface area contributed by atoms with Crippen LogP contribution in [-0.2, 0) is 0 Å². The van der Waals surface area contributed by atoms with Crippen molar-refractivity contribution >= 4 is 11.6 Å². The lowest BCUT2D eigenvalue weighted by Crippen LogP contribution is -2.33. The number of nitrogens with one attached hydrogen (secondary N) is 1. The summed E-state index contributed by atoms with van der Waals surface area (Å²) in [5.74, 6) is 1.95. The van der Waals surface area contributed by atoms with Crippen LogP contribution in [0, 0.1) is 6.92 Å². The monoisotopic (exact) mass is 222 g/mol. The lowest BCUT2D eigenvalue weighted by molar-refractivity contribution is 0.621. The molecule has 0 saturated carbocycles. The lowest BCUT2D eigenvalue weighted by Gasteiger charge is -2.29. The summed E-state index contributed by atoms with van der Waals surface area (Å²) in [7, 11) is 1.89. The second kappa shape index (κ2) is 5.68. The topological polar surface area (TPSA) is 41.1 Å². The maximum atomic E-state index is 4.40. The van der Waals surface area contributed by atoms with Gasteiger partial charge in [0.2, 0.25) is 0 Å². The molecule has 0 bridgehead atoms. The Morgan fingerprint density at radius 3 is 2.56 bits per heavy atom. The molecule has 0 saturated heterocycles. The minimum atomic E-state index is 0.503. The van der Waals surface area contributed by atoms with Gasteiger partial charge in [-0.2, -0.15) is 0 Å². The van der Waals surface area contributed by atoms with E-state index < -0.39 is 0 Å². The van der Waals surface area contributed by atoms with Crippen LogP contribution in [0.25, 0.3) is 0 Å². The standard InChI is InChI=1S/C12H22N4/c1-6-9(3)16(7-2)12-10(4)11(13-5)14-8-15-12/h8-9H,6-7H2,1-5H3,(H,13,14,15). The van der Waals surface area contributed by atoms with E-state index in [1.807, 2.05) is 7.05 Å². The van der Waals surface area contributed by atoms with Crippen LogP contribution in [0.1, 0.15) is 32.8 Å². The molecule has 0 aliphatic carbocycles. The van der Waals surface area contributed by atoms with Crippen molar-refractivity contribution in [3.63, 3.8) is 0 Å². The van der Waals surface area contributed by atoms with E-state index in [9.17, 15) is 0 Å². The molecular weight excluding hydrogens is 200 g/mol. The van der Waals surface area contributed by atoms with Crippen LogP contribution < -0.4 is 10.2 Å². The largest absolute Gasteiger partial charge is 0.373 e. The van der Waals surface area contributed by atoms with E-state index in [0.717, 1.165) is 30.2 Å². The van der Waals surface area contributed by atoms with Gasteiger partial charge in [0.1, 0.15) is 18.0 Å². The van der Waals surface area contributed by atoms with Crippen LogP contribution in [0.15, 0.2) is 6.33 Å². The zero-order chi connectivity index (χ0) is 12.1. The molecule has 0 aromatic carbocycles. The highest BCUT2D eigenvalue weighted by Crippen LogP contribution is 2.23. The second-order valence-electron chi connectivity index (χ2n) is 3.96. The smallest absolute Gasteiger partial charge is 0.137 e. The van der Waals surface area contributed by atoms with Crippen molar-refractivity contribution in [2.24, 2.45) is 0 Å². The molecule has 1 aromatic rings. The van der Waals surface area contributed by atoms with Crippen molar-refractivity contribution in [2.75, 3.05) is 23.8 Å². The molecule has 0 spiro atoms. The normalized spacial score (nSPS) is 12.3. The van der Waals surface area contributed by atoms with Crippen molar-refractivity contribution in [3.8, 4) is 0 Å². The zero-order valence-electron chi connectivity index (χ0n) is 10.9. The van der Waals surface area contributed by atoms with Gasteiger partial charge in [-0.05, 0) is 27.2 Å². The molecule has 0 aliphatic heterocycles.